The molecule has 11 nitrogen and oxygen atoms in total. The van der Waals surface area contributed by atoms with E-state index in [4.69, 9.17) is 9.47 Å². The Labute approximate surface area is 211 Å². The number of nitrogens with one attached hydrogen (secondary N) is 2. The van der Waals surface area contributed by atoms with E-state index in [1.807, 2.05) is 0 Å². The molecule has 1 aromatic heterocycles. The molecular formula is C23H32N4O7S2. The first kappa shape index (κ1) is 26.9. The van der Waals surface area contributed by atoms with E-state index in [0.717, 1.165) is 6.42 Å². The number of aromatic nitrogens is 1. The van der Waals surface area contributed by atoms with Gasteiger partial charge < -0.3 is 19.9 Å². The Balaban J connectivity index is 1.22. The minimum absolute atomic E-state index is 0.00403. The van der Waals surface area contributed by atoms with Crippen LogP contribution in [0.25, 0.3) is 0 Å². The van der Waals surface area contributed by atoms with Gasteiger partial charge in [0.25, 0.3) is 0 Å². The molecule has 4 rings (SSSR count). The smallest absolute Gasteiger partial charge is 0.244 e. The second-order valence-electron chi connectivity index (χ2n) is 9.04. The highest BCUT2D eigenvalue weighted by Crippen LogP contribution is 2.37. The molecule has 198 valence electrons. The molecule has 0 aliphatic carbocycles. The largest absolute Gasteiger partial charge is 0.491 e. The lowest BCUT2D eigenvalue weighted by molar-refractivity contribution is -0.0312. The Morgan fingerprint density at radius 3 is 2.64 bits per heavy atom. The van der Waals surface area contributed by atoms with E-state index in [1.165, 1.54) is 29.7 Å². The van der Waals surface area contributed by atoms with Gasteiger partial charge in [-0.15, -0.1) is 0 Å². The van der Waals surface area contributed by atoms with Gasteiger partial charge in [0, 0.05) is 44.1 Å². The lowest BCUT2D eigenvalue weighted by Crippen LogP contribution is -2.47. The molecule has 2 saturated heterocycles. The van der Waals surface area contributed by atoms with Gasteiger partial charge in [0.2, 0.25) is 20.0 Å². The molecule has 2 aliphatic rings. The van der Waals surface area contributed by atoms with Gasteiger partial charge in [-0.3, -0.25) is 4.98 Å². The molecule has 2 fully saturated rings. The van der Waals surface area contributed by atoms with Crippen molar-refractivity contribution in [2.45, 2.75) is 46.8 Å². The predicted molar refractivity (Wildman–Crippen MR) is 132 cm³/mol. The average Bonchev–Trinajstić information content (AvgIpc) is 3.29. The van der Waals surface area contributed by atoms with E-state index in [-0.39, 0.29) is 34.6 Å². The van der Waals surface area contributed by atoms with Crippen molar-refractivity contribution in [1.29, 1.82) is 0 Å². The molecule has 0 radical (unpaired) electrons. The van der Waals surface area contributed by atoms with Crippen LogP contribution in [-0.4, -0.2) is 88.9 Å². The highest BCUT2D eigenvalue weighted by molar-refractivity contribution is 7.89. The van der Waals surface area contributed by atoms with Gasteiger partial charge in [0.05, 0.1) is 17.1 Å². The van der Waals surface area contributed by atoms with Crippen molar-refractivity contribution < 1.29 is 31.4 Å². The van der Waals surface area contributed by atoms with Crippen LogP contribution in [0.5, 0.6) is 5.75 Å². The van der Waals surface area contributed by atoms with Gasteiger partial charge in [-0.1, -0.05) is 6.07 Å². The molecule has 0 unspecified atom stereocenters. The number of aliphatic hydroxyl groups excluding tert-OH is 1. The van der Waals surface area contributed by atoms with Gasteiger partial charge in [0.15, 0.2) is 0 Å². The summed E-state index contributed by atoms with van der Waals surface area (Å²) >= 11 is 0. The summed E-state index contributed by atoms with van der Waals surface area (Å²) in [5.74, 6) is 0.349. The van der Waals surface area contributed by atoms with Crippen molar-refractivity contribution in [3.63, 3.8) is 0 Å². The molecule has 0 amide bonds. The van der Waals surface area contributed by atoms with E-state index in [0.29, 0.717) is 38.3 Å². The van der Waals surface area contributed by atoms with Crippen LogP contribution in [-0.2, 0) is 24.8 Å². The SMILES string of the molecule is CNS(=O)(=O)c1cccc(OC[C@@H](O)CN[C@H]2COC3(CCN(S(=O)(=O)c4cccnc4)CC3)C2)c1. The molecule has 3 heterocycles. The molecule has 2 atom stereocenters. The number of nitrogens with zero attached hydrogens (tertiary/aromatic N) is 2. The number of hydrogen-bond acceptors (Lipinski definition) is 9. The minimum Gasteiger partial charge on any atom is -0.491 e. The van der Waals surface area contributed by atoms with Crippen LogP contribution in [0.15, 0.2) is 58.6 Å². The third-order valence-electron chi connectivity index (χ3n) is 6.58. The Bertz CT molecular complexity index is 1230. The fourth-order valence-electron chi connectivity index (χ4n) is 4.51. The Morgan fingerprint density at radius 1 is 1.19 bits per heavy atom. The number of pyridine rings is 1. The lowest BCUT2D eigenvalue weighted by atomic mass is 9.88. The summed E-state index contributed by atoms with van der Waals surface area (Å²) in [6.45, 7) is 1.51. The first-order valence-electron chi connectivity index (χ1n) is 11.8. The van der Waals surface area contributed by atoms with Crippen molar-refractivity contribution in [2.24, 2.45) is 0 Å². The lowest BCUT2D eigenvalue weighted by Gasteiger charge is -2.38. The quantitative estimate of drug-likeness (QED) is 0.388. The molecule has 1 aromatic carbocycles. The number of benzene rings is 1. The van der Waals surface area contributed by atoms with Crippen molar-refractivity contribution in [3.05, 3.63) is 48.8 Å². The fourth-order valence-corrected chi connectivity index (χ4v) is 6.68. The zero-order chi connectivity index (χ0) is 25.8. The van der Waals surface area contributed by atoms with Crippen LogP contribution in [0, 0.1) is 0 Å². The summed E-state index contributed by atoms with van der Waals surface area (Å²) in [7, 11) is -5.81. The maximum absolute atomic E-state index is 12.8. The highest BCUT2D eigenvalue weighted by Gasteiger charge is 2.44. The predicted octanol–water partition coefficient (Wildman–Crippen LogP) is 0.331. The molecule has 36 heavy (non-hydrogen) atoms. The van der Waals surface area contributed by atoms with E-state index < -0.39 is 26.2 Å². The monoisotopic (exact) mass is 540 g/mol. The maximum Gasteiger partial charge on any atom is 0.244 e. The molecule has 3 N–H and O–H groups in total. The Hall–Kier alpha value is -2.13. The summed E-state index contributed by atoms with van der Waals surface area (Å²) in [4.78, 5) is 4.19. The van der Waals surface area contributed by atoms with Crippen LogP contribution in [0.1, 0.15) is 19.3 Å². The Morgan fingerprint density at radius 2 is 1.94 bits per heavy atom. The van der Waals surface area contributed by atoms with E-state index in [2.05, 4.69) is 15.0 Å². The van der Waals surface area contributed by atoms with E-state index >= 15 is 0 Å². The number of rotatable bonds is 10. The second kappa shape index (κ2) is 11.1. The molecule has 2 aromatic rings. The second-order valence-corrected chi connectivity index (χ2v) is 12.9. The summed E-state index contributed by atoms with van der Waals surface area (Å²) in [5.41, 5.74) is -0.376. The topological polar surface area (TPSA) is 147 Å². The summed E-state index contributed by atoms with van der Waals surface area (Å²) in [6.07, 6.45) is 4.03. The first-order chi connectivity index (χ1) is 17.1. The zero-order valence-corrected chi connectivity index (χ0v) is 21.7. The molecule has 13 heteroatoms. The first-order valence-corrected chi connectivity index (χ1v) is 14.7. The van der Waals surface area contributed by atoms with Crippen molar-refractivity contribution >= 4 is 20.0 Å². The minimum atomic E-state index is -3.58. The van der Waals surface area contributed by atoms with Crippen LogP contribution < -0.4 is 14.8 Å². The van der Waals surface area contributed by atoms with Crippen LogP contribution in [0.4, 0.5) is 0 Å². The Kier molecular flexibility index (Phi) is 8.29. The van der Waals surface area contributed by atoms with Crippen LogP contribution in [0.2, 0.25) is 0 Å². The molecular weight excluding hydrogens is 508 g/mol. The van der Waals surface area contributed by atoms with Crippen LogP contribution in [0.3, 0.4) is 0 Å². The zero-order valence-electron chi connectivity index (χ0n) is 20.0. The normalized spacial score (nSPS) is 21.4. The maximum atomic E-state index is 12.8. The van der Waals surface area contributed by atoms with Gasteiger partial charge in [0.1, 0.15) is 23.4 Å². The standard InChI is InChI=1S/C23H32N4O7S2/c1-24-35(29,30)21-5-2-4-20(12-21)33-17-19(28)14-26-18-13-23(34-16-18)7-10-27(11-8-23)36(31,32)22-6-3-9-25-15-22/h2-6,9,12,15,18-19,24,26,28H,7-8,10-11,13-14,16-17H2,1H3/t18-,19+/m1/s1. The molecule has 0 saturated carbocycles. The van der Waals surface area contributed by atoms with Gasteiger partial charge in [-0.05, 0) is 50.6 Å². The van der Waals surface area contributed by atoms with Crippen molar-refractivity contribution in [1.82, 2.24) is 19.3 Å². The molecule has 2 aliphatic heterocycles. The number of ether oxygens (including phenoxy) is 2. The van der Waals surface area contributed by atoms with Crippen molar-refractivity contribution in [2.75, 3.05) is 39.9 Å². The third-order valence-corrected chi connectivity index (χ3v) is 9.88. The molecule has 1 spiro atoms. The highest BCUT2D eigenvalue weighted by atomic mass is 32.2. The number of hydrogen-bond donors (Lipinski definition) is 3. The van der Waals surface area contributed by atoms with Crippen LogP contribution >= 0.6 is 0 Å². The summed E-state index contributed by atoms with van der Waals surface area (Å²) in [5, 5.41) is 13.6. The number of sulfonamides is 2. The van der Waals surface area contributed by atoms with Gasteiger partial charge in [-0.25, -0.2) is 21.6 Å². The van der Waals surface area contributed by atoms with Gasteiger partial charge in [-0.2, -0.15) is 4.31 Å². The summed E-state index contributed by atoms with van der Waals surface area (Å²) in [6, 6.07) is 9.27. The number of piperidine rings is 1. The average molecular weight is 541 g/mol. The molecule has 0 bridgehead atoms. The van der Waals surface area contributed by atoms with E-state index in [9.17, 15) is 21.9 Å². The summed E-state index contributed by atoms with van der Waals surface area (Å²) < 4.78 is 65.0. The fraction of sp³-hybridized carbons (Fsp3) is 0.522. The third kappa shape index (κ3) is 6.22. The van der Waals surface area contributed by atoms with E-state index in [1.54, 1.807) is 30.5 Å². The van der Waals surface area contributed by atoms with Gasteiger partial charge >= 0.3 is 0 Å². The number of aliphatic hydroxyl groups is 1. The van der Waals surface area contributed by atoms with Crippen molar-refractivity contribution in [3.8, 4) is 5.75 Å².